The predicted molar refractivity (Wildman–Crippen MR) is 71.8 cm³/mol. The third kappa shape index (κ3) is 2.99. The Kier molecular flexibility index (Phi) is 3.89. The molecule has 0 fully saturated rings. The highest BCUT2D eigenvalue weighted by atomic mass is 32.2. The highest BCUT2D eigenvalue weighted by Gasteiger charge is 2.21. The average molecular weight is 314 g/mol. The fourth-order valence-corrected chi connectivity index (χ4v) is 2.73. The summed E-state index contributed by atoms with van der Waals surface area (Å²) in [6.07, 6.45) is 2.01. The molecule has 0 aliphatic carbocycles. The topological polar surface area (TPSA) is 118 Å². The first-order valence-electron chi connectivity index (χ1n) is 5.84. The summed E-state index contributed by atoms with van der Waals surface area (Å²) in [6, 6.07) is 2.37. The van der Waals surface area contributed by atoms with Crippen LogP contribution in [0.1, 0.15) is 12.5 Å². The van der Waals surface area contributed by atoms with Crippen molar-refractivity contribution < 1.29 is 17.7 Å². The van der Waals surface area contributed by atoms with Gasteiger partial charge >= 0.3 is 5.69 Å². The molecular weight excluding hydrogens is 303 g/mol. The molecule has 1 heterocycles. The minimum Gasteiger partial charge on any atom is -0.264 e. The molecule has 0 aliphatic heterocycles. The smallest absolute Gasteiger partial charge is 0.264 e. The van der Waals surface area contributed by atoms with E-state index < -0.39 is 31.3 Å². The number of aromatic amines is 1. The average Bonchev–Trinajstić information content (AvgIpc) is 2.84. The molecule has 1 aromatic heterocycles. The van der Waals surface area contributed by atoms with E-state index in [9.17, 15) is 22.9 Å². The van der Waals surface area contributed by atoms with Gasteiger partial charge in [-0.05, 0) is 12.5 Å². The maximum atomic E-state index is 13.5. The van der Waals surface area contributed by atoms with Crippen LogP contribution in [0.4, 0.5) is 15.9 Å². The van der Waals surface area contributed by atoms with E-state index in [-0.39, 0.29) is 5.82 Å². The lowest BCUT2D eigenvalue weighted by molar-refractivity contribution is -0.387. The number of aromatic nitrogens is 2. The fraction of sp³-hybridized carbons (Fsp3) is 0.182. The van der Waals surface area contributed by atoms with Gasteiger partial charge in [0.1, 0.15) is 5.82 Å². The number of anilines is 1. The quantitative estimate of drug-likeness (QED) is 0.644. The number of nitro benzene ring substituents is 1. The summed E-state index contributed by atoms with van der Waals surface area (Å²) < 4.78 is 39.9. The van der Waals surface area contributed by atoms with E-state index in [0.29, 0.717) is 18.1 Å². The van der Waals surface area contributed by atoms with Crippen molar-refractivity contribution in [1.82, 2.24) is 10.2 Å². The first-order chi connectivity index (χ1) is 9.85. The number of nitro groups is 1. The number of aryl methyl sites for hydroxylation is 1. The predicted octanol–water partition coefficient (Wildman–Crippen LogP) is 1.82. The molecule has 21 heavy (non-hydrogen) atoms. The molecule has 0 bridgehead atoms. The van der Waals surface area contributed by atoms with Crippen molar-refractivity contribution >= 4 is 21.5 Å². The van der Waals surface area contributed by atoms with Gasteiger partial charge in [0.05, 0.1) is 16.0 Å². The van der Waals surface area contributed by atoms with Crippen LogP contribution >= 0.6 is 0 Å². The van der Waals surface area contributed by atoms with Crippen LogP contribution in [-0.2, 0) is 16.4 Å². The number of halogens is 1. The number of nitrogens with zero attached hydrogens (tertiary/aromatic N) is 2. The van der Waals surface area contributed by atoms with Gasteiger partial charge in [-0.1, -0.05) is 6.92 Å². The molecule has 0 unspecified atom stereocenters. The Labute approximate surface area is 119 Å². The number of hydrogen-bond acceptors (Lipinski definition) is 5. The summed E-state index contributed by atoms with van der Waals surface area (Å²) in [6.45, 7) is 1.81. The molecule has 112 valence electrons. The largest absolute Gasteiger partial charge is 0.304 e. The lowest BCUT2D eigenvalue weighted by Crippen LogP contribution is -2.14. The molecule has 0 saturated carbocycles. The van der Waals surface area contributed by atoms with Crippen molar-refractivity contribution in [2.24, 2.45) is 0 Å². The van der Waals surface area contributed by atoms with Crippen molar-refractivity contribution in [3.8, 4) is 0 Å². The van der Waals surface area contributed by atoms with E-state index in [2.05, 4.69) is 14.9 Å². The van der Waals surface area contributed by atoms with Crippen LogP contribution in [0.2, 0.25) is 0 Å². The van der Waals surface area contributed by atoms with Crippen molar-refractivity contribution in [2.75, 3.05) is 4.72 Å². The summed E-state index contributed by atoms with van der Waals surface area (Å²) in [5, 5.41) is 16.7. The molecular formula is C11H11FN4O4S. The molecule has 1 aromatic carbocycles. The van der Waals surface area contributed by atoms with E-state index in [1.165, 1.54) is 6.20 Å². The van der Waals surface area contributed by atoms with Gasteiger partial charge in [0, 0.05) is 17.7 Å². The zero-order valence-corrected chi connectivity index (χ0v) is 11.6. The molecule has 2 rings (SSSR count). The van der Waals surface area contributed by atoms with E-state index >= 15 is 0 Å². The minimum atomic E-state index is -4.06. The van der Waals surface area contributed by atoms with Crippen LogP contribution in [0.5, 0.6) is 0 Å². The van der Waals surface area contributed by atoms with E-state index in [4.69, 9.17) is 0 Å². The normalized spacial score (nSPS) is 11.3. The van der Waals surface area contributed by atoms with Crippen LogP contribution < -0.4 is 4.72 Å². The maximum Gasteiger partial charge on any atom is 0.304 e. The monoisotopic (exact) mass is 314 g/mol. The Hall–Kier alpha value is -2.49. The van der Waals surface area contributed by atoms with Crippen LogP contribution in [0.15, 0.2) is 29.3 Å². The number of H-pyrrole nitrogens is 1. The lowest BCUT2D eigenvalue weighted by atomic mass is 10.3. The first kappa shape index (κ1) is 14.9. The standard InChI is InChI=1S/C11H11FN4O4S/c1-2-7-6-13-14-11(7)15-21(19,20)8-3-4-10(16(17)18)9(12)5-8/h3-6H,2H2,1H3,(H2,13,14,15). The van der Waals surface area contributed by atoms with Gasteiger partial charge < -0.3 is 0 Å². The summed E-state index contributed by atoms with van der Waals surface area (Å²) >= 11 is 0. The molecule has 0 saturated heterocycles. The Bertz CT molecular complexity index is 787. The van der Waals surface area contributed by atoms with Gasteiger partial charge in [0.2, 0.25) is 5.82 Å². The van der Waals surface area contributed by atoms with Crippen LogP contribution in [0.25, 0.3) is 0 Å². The van der Waals surface area contributed by atoms with Gasteiger partial charge in [-0.15, -0.1) is 0 Å². The van der Waals surface area contributed by atoms with E-state index in [0.717, 1.165) is 12.1 Å². The molecule has 10 heteroatoms. The first-order valence-corrected chi connectivity index (χ1v) is 7.32. The van der Waals surface area contributed by atoms with E-state index in [1.807, 2.05) is 6.92 Å². The zero-order chi connectivity index (χ0) is 15.6. The fourth-order valence-electron chi connectivity index (χ4n) is 1.66. The SMILES string of the molecule is CCc1cn[nH]c1NS(=O)(=O)c1ccc([N+](=O)[O-])c(F)c1. The number of sulfonamides is 1. The second-order valence-corrected chi connectivity index (χ2v) is 5.78. The van der Waals surface area contributed by atoms with Gasteiger partial charge in [0.15, 0.2) is 0 Å². The maximum absolute atomic E-state index is 13.5. The third-order valence-corrected chi connectivity index (χ3v) is 4.11. The van der Waals surface area contributed by atoms with Crippen molar-refractivity contribution in [2.45, 2.75) is 18.2 Å². The highest BCUT2D eigenvalue weighted by Crippen LogP contribution is 2.23. The van der Waals surface area contributed by atoms with Crippen molar-refractivity contribution in [3.05, 3.63) is 45.9 Å². The van der Waals surface area contributed by atoms with Gasteiger partial charge in [-0.3, -0.25) is 19.9 Å². The van der Waals surface area contributed by atoms with Gasteiger partial charge in [-0.2, -0.15) is 9.49 Å². The summed E-state index contributed by atoms with van der Waals surface area (Å²) in [4.78, 5) is 9.17. The van der Waals surface area contributed by atoms with Crippen molar-refractivity contribution in [1.29, 1.82) is 0 Å². The second-order valence-electron chi connectivity index (χ2n) is 4.10. The Balaban J connectivity index is 2.36. The van der Waals surface area contributed by atoms with Crippen molar-refractivity contribution in [3.63, 3.8) is 0 Å². The molecule has 2 N–H and O–H groups in total. The molecule has 0 radical (unpaired) electrons. The highest BCUT2D eigenvalue weighted by molar-refractivity contribution is 7.92. The Morgan fingerprint density at radius 1 is 1.48 bits per heavy atom. The number of hydrogen-bond donors (Lipinski definition) is 2. The number of rotatable bonds is 5. The molecule has 0 aliphatic rings. The van der Waals surface area contributed by atoms with Gasteiger partial charge in [-0.25, -0.2) is 8.42 Å². The Morgan fingerprint density at radius 3 is 2.76 bits per heavy atom. The second kappa shape index (κ2) is 5.48. The number of nitrogens with one attached hydrogen (secondary N) is 2. The van der Waals surface area contributed by atoms with Gasteiger partial charge in [0.25, 0.3) is 10.0 Å². The lowest BCUT2D eigenvalue weighted by Gasteiger charge is -2.07. The molecule has 8 nitrogen and oxygen atoms in total. The summed E-state index contributed by atoms with van der Waals surface area (Å²) in [5.74, 6) is -1.04. The molecule has 2 aromatic rings. The third-order valence-electron chi connectivity index (χ3n) is 2.76. The minimum absolute atomic E-state index is 0.177. The number of benzene rings is 1. The van der Waals surface area contributed by atoms with E-state index in [1.54, 1.807) is 0 Å². The molecule has 0 amide bonds. The van der Waals surface area contributed by atoms with Crippen LogP contribution in [0.3, 0.4) is 0 Å². The molecule has 0 spiro atoms. The summed E-state index contributed by atoms with van der Waals surface area (Å²) in [7, 11) is -4.06. The zero-order valence-electron chi connectivity index (χ0n) is 10.8. The molecule has 0 atom stereocenters. The van der Waals surface area contributed by atoms with Crippen LogP contribution in [0, 0.1) is 15.9 Å². The van der Waals surface area contributed by atoms with Crippen LogP contribution in [-0.4, -0.2) is 23.5 Å². The summed E-state index contributed by atoms with van der Waals surface area (Å²) in [5.41, 5.74) is -0.148. The Morgan fingerprint density at radius 2 is 2.19 bits per heavy atom.